The molecule has 21 heavy (non-hydrogen) atoms. The first-order valence-electron chi connectivity index (χ1n) is 6.13. The van der Waals surface area contributed by atoms with Crippen LogP contribution >= 0.6 is 0 Å². The van der Waals surface area contributed by atoms with Crippen LogP contribution < -0.4 is 11.5 Å². The molecule has 2 rings (SSSR count). The van der Waals surface area contributed by atoms with E-state index in [1.54, 1.807) is 12.1 Å². The Kier molecular flexibility index (Phi) is 4.04. The zero-order chi connectivity index (χ0) is 15.6. The van der Waals surface area contributed by atoms with E-state index >= 15 is 0 Å². The fourth-order valence-electron chi connectivity index (χ4n) is 1.98. The van der Waals surface area contributed by atoms with E-state index in [0.717, 1.165) is 18.2 Å². The van der Waals surface area contributed by atoms with E-state index in [1.165, 1.54) is 6.20 Å². The number of nitrogens with two attached hydrogens (primary N) is 2. The highest BCUT2D eigenvalue weighted by Gasteiger charge is 2.31. The SMILES string of the molecule is Nc1ccc(C(F)(F)F)cc1C(O)Cc1cccnc1N. The first-order chi connectivity index (χ1) is 9.79. The number of nitrogen functional groups attached to an aromatic ring is 2. The standard InChI is InChI=1S/C14H14F3N3O/c15-14(16,17)9-3-4-11(18)10(7-9)12(21)6-8-2-1-5-20-13(8)19/h1-5,7,12,21H,6,18H2,(H2,19,20). The van der Waals surface area contributed by atoms with Crippen molar-refractivity contribution >= 4 is 11.5 Å². The molecule has 0 aliphatic heterocycles. The second kappa shape index (κ2) is 5.61. The van der Waals surface area contributed by atoms with Crippen LogP contribution in [0.25, 0.3) is 0 Å². The van der Waals surface area contributed by atoms with Gasteiger partial charge in [0.05, 0.1) is 11.7 Å². The summed E-state index contributed by atoms with van der Waals surface area (Å²) in [5.41, 5.74) is 11.1. The van der Waals surface area contributed by atoms with Crippen LogP contribution in [-0.2, 0) is 12.6 Å². The molecule has 0 fully saturated rings. The van der Waals surface area contributed by atoms with Crippen molar-refractivity contribution in [3.05, 3.63) is 53.2 Å². The number of halogens is 3. The summed E-state index contributed by atoms with van der Waals surface area (Å²) in [5.74, 6) is 0.224. The zero-order valence-electron chi connectivity index (χ0n) is 10.9. The van der Waals surface area contributed by atoms with Gasteiger partial charge in [-0.2, -0.15) is 13.2 Å². The summed E-state index contributed by atoms with van der Waals surface area (Å²) in [7, 11) is 0. The molecule has 4 nitrogen and oxygen atoms in total. The fourth-order valence-corrected chi connectivity index (χ4v) is 1.98. The zero-order valence-corrected chi connectivity index (χ0v) is 10.9. The quantitative estimate of drug-likeness (QED) is 0.760. The normalized spacial score (nSPS) is 13.1. The third-order valence-corrected chi connectivity index (χ3v) is 3.11. The van der Waals surface area contributed by atoms with Crippen molar-refractivity contribution in [1.29, 1.82) is 0 Å². The van der Waals surface area contributed by atoms with E-state index in [-0.39, 0.29) is 23.5 Å². The number of hydrogen-bond donors (Lipinski definition) is 3. The molecular weight excluding hydrogens is 283 g/mol. The van der Waals surface area contributed by atoms with Gasteiger partial charge in [0, 0.05) is 23.9 Å². The van der Waals surface area contributed by atoms with Gasteiger partial charge in [0.2, 0.25) is 0 Å². The third-order valence-electron chi connectivity index (χ3n) is 3.11. The molecule has 0 aliphatic carbocycles. The third kappa shape index (κ3) is 3.43. The highest BCUT2D eigenvalue weighted by molar-refractivity contribution is 5.51. The summed E-state index contributed by atoms with van der Waals surface area (Å²) in [4.78, 5) is 3.86. The van der Waals surface area contributed by atoms with Crippen molar-refractivity contribution in [2.24, 2.45) is 0 Å². The lowest BCUT2D eigenvalue weighted by molar-refractivity contribution is -0.137. The van der Waals surface area contributed by atoms with Gasteiger partial charge in [0.15, 0.2) is 0 Å². The molecule has 2 aromatic rings. The van der Waals surface area contributed by atoms with Crippen LogP contribution in [0.15, 0.2) is 36.5 Å². The van der Waals surface area contributed by atoms with Crippen molar-refractivity contribution in [3.63, 3.8) is 0 Å². The number of rotatable bonds is 3. The van der Waals surface area contributed by atoms with Crippen molar-refractivity contribution in [3.8, 4) is 0 Å². The Morgan fingerprint density at radius 3 is 2.52 bits per heavy atom. The van der Waals surface area contributed by atoms with Gasteiger partial charge >= 0.3 is 6.18 Å². The van der Waals surface area contributed by atoms with Crippen LogP contribution in [0.5, 0.6) is 0 Å². The fraction of sp³-hybridized carbons (Fsp3) is 0.214. The van der Waals surface area contributed by atoms with Gasteiger partial charge in [-0.3, -0.25) is 0 Å². The number of aliphatic hydroxyl groups excluding tert-OH is 1. The summed E-state index contributed by atoms with van der Waals surface area (Å²) in [5, 5.41) is 10.1. The number of aromatic nitrogens is 1. The van der Waals surface area contributed by atoms with Crippen molar-refractivity contribution in [1.82, 2.24) is 4.98 Å². The molecule has 0 saturated heterocycles. The summed E-state index contributed by atoms with van der Waals surface area (Å²) in [6, 6.07) is 6.15. The maximum atomic E-state index is 12.7. The van der Waals surface area contributed by atoms with Crippen molar-refractivity contribution < 1.29 is 18.3 Å². The number of hydrogen-bond acceptors (Lipinski definition) is 4. The highest BCUT2D eigenvalue weighted by atomic mass is 19.4. The molecule has 1 atom stereocenters. The molecule has 1 aromatic carbocycles. The topological polar surface area (TPSA) is 85.2 Å². The molecule has 7 heteroatoms. The van der Waals surface area contributed by atoms with Gasteiger partial charge in [0.25, 0.3) is 0 Å². The molecule has 0 amide bonds. The average molecular weight is 297 g/mol. The Hall–Kier alpha value is -2.28. The molecule has 112 valence electrons. The van der Waals surface area contributed by atoms with Gasteiger partial charge in [-0.15, -0.1) is 0 Å². The molecule has 1 unspecified atom stereocenters. The van der Waals surface area contributed by atoms with Gasteiger partial charge in [-0.1, -0.05) is 6.07 Å². The van der Waals surface area contributed by atoms with Crippen LogP contribution in [0.4, 0.5) is 24.7 Å². The Morgan fingerprint density at radius 2 is 1.90 bits per heavy atom. The number of aliphatic hydroxyl groups is 1. The maximum Gasteiger partial charge on any atom is 0.416 e. The van der Waals surface area contributed by atoms with Crippen LogP contribution in [0.1, 0.15) is 22.8 Å². The molecule has 1 aromatic heterocycles. The maximum absolute atomic E-state index is 12.7. The van der Waals surface area contributed by atoms with Crippen LogP contribution in [0, 0.1) is 0 Å². The average Bonchev–Trinajstić information content (AvgIpc) is 2.40. The second-order valence-corrected chi connectivity index (χ2v) is 4.61. The Bertz CT molecular complexity index is 644. The molecule has 5 N–H and O–H groups in total. The highest BCUT2D eigenvalue weighted by Crippen LogP contribution is 2.34. The number of nitrogens with zero attached hydrogens (tertiary/aromatic N) is 1. The van der Waals surface area contributed by atoms with Gasteiger partial charge in [0.1, 0.15) is 5.82 Å². The van der Waals surface area contributed by atoms with Gasteiger partial charge in [-0.05, 0) is 29.8 Å². The second-order valence-electron chi connectivity index (χ2n) is 4.61. The van der Waals surface area contributed by atoms with E-state index in [1.807, 2.05) is 0 Å². The van der Waals surface area contributed by atoms with E-state index in [9.17, 15) is 18.3 Å². The minimum absolute atomic E-state index is 0.0214. The molecule has 0 radical (unpaired) electrons. The lowest BCUT2D eigenvalue weighted by atomic mass is 9.98. The number of alkyl halides is 3. The van der Waals surface area contributed by atoms with E-state index < -0.39 is 17.8 Å². The van der Waals surface area contributed by atoms with Gasteiger partial charge < -0.3 is 16.6 Å². The smallest absolute Gasteiger partial charge is 0.398 e. The van der Waals surface area contributed by atoms with Crippen LogP contribution in [0.2, 0.25) is 0 Å². The molecule has 0 spiro atoms. The lowest BCUT2D eigenvalue weighted by Crippen LogP contribution is -2.11. The van der Waals surface area contributed by atoms with E-state index in [4.69, 9.17) is 11.5 Å². The summed E-state index contributed by atoms with van der Waals surface area (Å²) in [6.45, 7) is 0. The van der Waals surface area contributed by atoms with E-state index in [2.05, 4.69) is 4.98 Å². The largest absolute Gasteiger partial charge is 0.416 e. The van der Waals surface area contributed by atoms with Gasteiger partial charge in [-0.25, -0.2) is 4.98 Å². The van der Waals surface area contributed by atoms with Crippen molar-refractivity contribution in [2.45, 2.75) is 18.7 Å². The molecule has 0 aliphatic rings. The van der Waals surface area contributed by atoms with Crippen LogP contribution in [0.3, 0.4) is 0 Å². The Balaban J connectivity index is 2.31. The summed E-state index contributed by atoms with van der Waals surface area (Å²) in [6.07, 6.45) is -4.16. The number of pyridine rings is 1. The monoisotopic (exact) mass is 297 g/mol. The minimum Gasteiger partial charge on any atom is -0.398 e. The predicted molar refractivity (Wildman–Crippen MR) is 73.2 cm³/mol. The summed E-state index contributed by atoms with van der Waals surface area (Å²) < 4.78 is 38.1. The number of benzene rings is 1. The number of anilines is 2. The van der Waals surface area contributed by atoms with Crippen molar-refractivity contribution in [2.75, 3.05) is 11.5 Å². The first kappa shape index (κ1) is 15.1. The predicted octanol–water partition coefficient (Wildman–Crippen LogP) is 2.54. The molecule has 0 bridgehead atoms. The van der Waals surface area contributed by atoms with Crippen LogP contribution in [-0.4, -0.2) is 10.1 Å². The van der Waals surface area contributed by atoms with E-state index in [0.29, 0.717) is 5.56 Å². The summed E-state index contributed by atoms with van der Waals surface area (Å²) >= 11 is 0. The first-order valence-corrected chi connectivity index (χ1v) is 6.13. The lowest BCUT2D eigenvalue weighted by Gasteiger charge is -2.16. The minimum atomic E-state index is -4.49. The molecule has 0 saturated carbocycles. The molecular formula is C14H14F3N3O. The Labute approximate surface area is 119 Å². The Morgan fingerprint density at radius 1 is 1.19 bits per heavy atom. The molecule has 1 heterocycles.